The number of anilines is 6. The minimum Gasteiger partial charge on any atom is -0.310 e. The van der Waals surface area contributed by atoms with Gasteiger partial charge in [-0.2, -0.15) is 0 Å². The monoisotopic (exact) mass is 910 g/mol. The number of nitrogens with zero attached hydrogens (tertiary/aromatic N) is 4. The van der Waals surface area contributed by atoms with Crippen LogP contribution in [0.1, 0.15) is 22.3 Å². The molecular weight excluding hydrogens is 869 g/mol. The minimum atomic E-state index is -0.582. The van der Waals surface area contributed by atoms with Crippen LogP contribution in [-0.2, 0) is 5.41 Å². The number of hydrogen-bond donors (Lipinski definition) is 0. The Bertz CT molecular complexity index is 3920. The molecule has 0 amide bonds. The van der Waals surface area contributed by atoms with Gasteiger partial charge in [0.1, 0.15) is 0 Å². The van der Waals surface area contributed by atoms with E-state index in [2.05, 4.69) is 251 Å². The Morgan fingerprint density at radius 1 is 0.343 bits per heavy atom. The maximum Gasteiger partial charge on any atom is 0.0885 e. The molecule has 1 spiro atoms. The second-order valence-electron chi connectivity index (χ2n) is 18.1. The van der Waals surface area contributed by atoms with Gasteiger partial charge in [-0.05, 0) is 141 Å². The van der Waals surface area contributed by atoms with Crippen molar-refractivity contribution in [2.24, 2.45) is 0 Å². The van der Waals surface area contributed by atoms with Crippen LogP contribution in [0.15, 0.2) is 255 Å². The van der Waals surface area contributed by atoms with Crippen LogP contribution in [0.25, 0.3) is 64.8 Å². The van der Waals surface area contributed by atoms with Crippen LogP contribution in [-0.4, -0.2) is 9.97 Å². The maximum atomic E-state index is 4.72. The number of aromatic nitrogens is 2. The fraction of sp³-hybridized carbons (Fsp3) is 0.0154. The van der Waals surface area contributed by atoms with Gasteiger partial charge in [-0.3, -0.25) is 9.97 Å². The van der Waals surface area contributed by atoms with Gasteiger partial charge in [0.25, 0.3) is 0 Å². The van der Waals surface area contributed by atoms with E-state index < -0.39 is 5.41 Å². The summed E-state index contributed by atoms with van der Waals surface area (Å²) in [5, 5.41) is 2.55. The molecule has 10 aromatic carbocycles. The van der Waals surface area contributed by atoms with Crippen LogP contribution < -0.4 is 9.80 Å². The van der Waals surface area contributed by atoms with E-state index in [-0.39, 0.29) is 0 Å². The van der Waals surface area contributed by atoms with Gasteiger partial charge >= 0.3 is 0 Å². The van der Waals surface area contributed by atoms with Crippen molar-refractivity contribution in [1.29, 1.82) is 0 Å². The van der Waals surface area contributed by atoms with E-state index in [1.54, 1.807) is 12.4 Å². The van der Waals surface area contributed by atoms with Crippen molar-refractivity contribution < 1.29 is 0 Å². The molecule has 14 rings (SSSR count). The first-order chi connectivity index (χ1) is 34.7. The lowest BCUT2D eigenvalue weighted by atomic mass is 9.70. The van der Waals surface area contributed by atoms with Gasteiger partial charge in [-0.1, -0.05) is 146 Å². The molecule has 2 aromatic heterocycles. The topological polar surface area (TPSA) is 32.3 Å². The van der Waals surface area contributed by atoms with Gasteiger partial charge < -0.3 is 9.80 Å². The standard InChI is InChI=1S/C65H42N4S/c1-4-18-45(19-5-1)68(49-32-34-64-56(39-49)52-27-12-15-30-63(52)70-64)48-24-16-17-43(37-48)53-40-55-51-26-11-14-29-58(51)65(60(55)41-62(53)69(46-20-6-2-7-21-46)47-22-8-3-9-23-47)57-28-13-10-25-50(57)54-38-44(31-33-59(54)65)61-42-66-35-36-67-61/h1-42H. The summed E-state index contributed by atoms with van der Waals surface area (Å²) in [7, 11) is 0. The zero-order chi connectivity index (χ0) is 46.2. The van der Waals surface area contributed by atoms with Crippen LogP contribution in [0.5, 0.6) is 0 Å². The molecule has 1 atom stereocenters. The van der Waals surface area contributed by atoms with Crippen molar-refractivity contribution in [3.05, 3.63) is 277 Å². The average Bonchev–Trinajstić information content (AvgIpc) is 4.05. The molecular formula is C65H42N4S. The van der Waals surface area contributed by atoms with Crippen LogP contribution in [0.4, 0.5) is 34.1 Å². The van der Waals surface area contributed by atoms with Crippen molar-refractivity contribution in [3.63, 3.8) is 0 Å². The van der Waals surface area contributed by atoms with Crippen LogP contribution in [0, 0.1) is 0 Å². The summed E-state index contributed by atoms with van der Waals surface area (Å²) in [5.41, 5.74) is 20.2. The Morgan fingerprint density at radius 3 is 1.63 bits per heavy atom. The first kappa shape index (κ1) is 40.2. The lowest BCUT2D eigenvalue weighted by Crippen LogP contribution is -2.26. The minimum absolute atomic E-state index is 0.582. The predicted octanol–water partition coefficient (Wildman–Crippen LogP) is 17.5. The van der Waals surface area contributed by atoms with Crippen LogP contribution in [0.2, 0.25) is 0 Å². The molecule has 0 radical (unpaired) electrons. The molecule has 328 valence electrons. The molecule has 4 nitrogen and oxygen atoms in total. The molecule has 0 bridgehead atoms. The third-order valence-electron chi connectivity index (χ3n) is 14.4. The highest BCUT2D eigenvalue weighted by Gasteiger charge is 2.52. The smallest absolute Gasteiger partial charge is 0.0885 e. The predicted molar refractivity (Wildman–Crippen MR) is 291 cm³/mol. The highest BCUT2D eigenvalue weighted by molar-refractivity contribution is 7.25. The van der Waals surface area contributed by atoms with E-state index in [4.69, 9.17) is 4.98 Å². The van der Waals surface area contributed by atoms with Gasteiger partial charge in [-0.15, -0.1) is 11.3 Å². The molecule has 0 N–H and O–H groups in total. The van der Waals surface area contributed by atoms with E-state index in [1.165, 1.54) is 64.7 Å². The second-order valence-corrected chi connectivity index (χ2v) is 19.2. The van der Waals surface area contributed by atoms with E-state index in [0.717, 1.165) is 56.5 Å². The zero-order valence-electron chi connectivity index (χ0n) is 37.9. The number of fused-ring (bicyclic) bond motifs is 13. The highest BCUT2D eigenvalue weighted by atomic mass is 32.1. The summed E-state index contributed by atoms with van der Waals surface area (Å²) >= 11 is 1.85. The quantitative estimate of drug-likeness (QED) is 0.152. The average molecular weight is 911 g/mol. The van der Waals surface area contributed by atoms with Gasteiger partial charge in [0.2, 0.25) is 0 Å². The molecule has 1 unspecified atom stereocenters. The Morgan fingerprint density at radius 2 is 0.929 bits per heavy atom. The third-order valence-corrected chi connectivity index (χ3v) is 15.5. The molecule has 2 aliphatic carbocycles. The number of thiophene rings is 1. The summed E-state index contributed by atoms with van der Waals surface area (Å²) in [6.45, 7) is 0. The summed E-state index contributed by atoms with van der Waals surface area (Å²) in [6, 6.07) is 87.2. The number of benzene rings is 10. The second kappa shape index (κ2) is 16.1. The van der Waals surface area contributed by atoms with Crippen molar-refractivity contribution in [2.45, 2.75) is 5.41 Å². The van der Waals surface area contributed by atoms with Gasteiger partial charge in [-0.25, -0.2) is 0 Å². The molecule has 2 heterocycles. The number of rotatable bonds is 8. The van der Waals surface area contributed by atoms with E-state index in [0.29, 0.717) is 0 Å². The SMILES string of the molecule is c1ccc(N(c2cccc(-c3cc4c(cc3N(c3ccccc3)c3ccccc3)C3(c5ccccc5-c5cc(-c6cnccn6)ccc53)c3ccccc3-4)c2)c2ccc3sc4ccccc4c3c2)cc1. The van der Waals surface area contributed by atoms with E-state index in [1.807, 2.05) is 17.5 Å². The Balaban J connectivity index is 1.04. The molecule has 5 heteroatoms. The first-order valence-electron chi connectivity index (χ1n) is 23.8. The molecule has 0 saturated carbocycles. The molecule has 0 saturated heterocycles. The summed E-state index contributed by atoms with van der Waals surface area (Å²) in [4.78, 5) is 14.0. The van der Waals surface area contributed by atoms with Crippen molar-refractivity contribution in [2.75, 3.05) is 9.80 Å². The Kier molecular flexibility index (Phi) is 9.26. The molecule has 12 aromatic rings. The number of hydrogen-bond acceptors (Lipinski definition) is 5. The molecule has 70 heavy (non-hydrogen) atoms. The lowest BCUT2D eigenvalue weighted by Gasteiger charge is -2.33. The molecule has 0 aliphatic heterocycles. The fourth-order valence-electron chi connectivity index (χ4n) is 11.5. The van der Waals surface area contributed by atoms with Gasteiger partial charge in [0.15, 0.2) is 0 Å². The van der Waals surface area contributed by atoms with Gasteiger partial charge in [0.05, 0.1) is 23.0 Å². The van der Waals surface area contributed by atoms with E-state index in [9.17, 15) is 0 Å². The normalized spacial score (nSPS) is 14.1. The molecule has 2 aliphatic rings. The zero-order valence-corrected chi connectivity index (χ0v) is 38.8. The van der Waals surface area contributed by atoms with Crippen LogP contribution in [0.3, 0.4) is 0 Å². The summed E-state index contributed by atoms with van der Waals surface area (Å²) < 4.78 is 2.58. The molecule has 0 fully saturated rings. The summed E-state index contributed by atoms with van der Waals surface area (Å²) in [5.74, 6) is 0. The lowest BCUT2D eigenvalue weighted by molar-refractivity contribution is 0.794. The fourth-order valence-corrected chi connectivity index (χ4v) is 12.6. The van der Waals surface area contributed by atoms with Crippen LogP contribution >= 0.6 is 11.3 Å². The third kappa shape index (κ3) is 6.15. The highest BCUT2D eigenvalue weighted by Crippen LogP contribution is 2.64. The van der Waals surface area contributed by atoms with Crippen molar-refractivity contribution in [1.82, 2.24) is 9.97 Å². The Hall–Kier alpha value is -8.90. The largest absolute Gasteiger partial charge is 0.310 e. The van der Waals surface area contributed by atoms with E-state index >= 15 is 0 Å². The van der Waals surface area contributed by atoms with Crippen molar-refractivity contribution >= 4 is 65.6 Å². The Labute approximate surface area is 410 Å². The van der Waals surface area contributed by atoms with Crippen molar-refractivity contribution in [3.8, 4) is 44.6 Å². The first-order valence-corrected chi connectivity index (χ1v) is 24.6. The summed E-state index contributed by atoms with van der Waals surface area (Å²) in [6.07, 6.45) is 5.36. The number of para-hydroxylation sites is 3. The van der Waals surface area contributed by atoms with Gasteiger partial charge in [0, 0.05) is 72.1 Å². The maximum absolute atomic E-state index is 4.72.